The van der Waals surface area contributed by atoms with Crippen LogP contribution in [0.1, 0.15) is 11.3 Å². The van der Waals surface area contributed by atoms with E-state index in [0.717, 1.165) is 15.6 Å². The quantitative estimate of drug-likeness (QED) is 0.448. The van der Waals surface area contributed by atoms with Crippen molar-refractivity contribution in [2.24, 2.45) is 0 Å². The van der Waals surface area contributed by atoms with Crippen molar-refractivity contribution in [3.63, 3.8) is 0 Å². The van der Waals surface area contributed by atoms with Crippen LogP contribution in [0.15, 0.2) is 75.8 Å². The molecule has 0 aliphatic heterocycles. The zero-order chi connectivity index (χ0) is 20.2. The topological polar surface area (TPSA) is 85.8 Å². The maximum atomic E-state index is 13.2. The van der Waals surface area contributed by atoms with Gasteiger partial charge in [-0.2, -0.15) is 4.68 Å². The lowest BCUT2D eigenvalue weighted by Crippen LogP contribution is -2.19. The fraction of sp³-hybridized carbons (Fsp3) is 0.0476. The number of rotatable bonds is 5. The minimum Gasteiger partial charge on any atom is -0.465 e. The summed E-state index contributed by atoms with van der Waals surface area (Å²) in [5.41, 5.74) is 2.72. The number of aromatic nitrogens is 4. The van der Waals surface area contributed by atoms with Crippen molar-refractivity contribution in [1.29, 1.82) is 0 Å². The van der Waals surface area contributed by atoms with Gasteiger partial charge in [-0.25, -0.2) is 0 Å². The fourth-order valence-corrected chi connectivity index (χ4v) is 3.35. The summed E-state index contributed by atoms with van der Waals surface area (Å²) in [6.45, 7) is 1.98. The highest BCUT2D eigenvalue weighted by molar-refractivity contribution is 9.10. The predicted molar refractivity (Wildman–Crippen MR) is 114 cm³/mol. The Morgan fingerprint density at radius 3 is 2.69 bits per heavy atom. The third-order valence-electron chi connectivity index (χ3n) is 4.16. The van der Waals surface area contributed by atoms with E-state index >= 15 is 0 Å². The zero-order valence-electron chi connectivity index (χ0n) is 15.4. The van der Waals surface area contributed by atoms with Gasteiger partial charge in [0.1, 0.15) is 11.5 Å². The first-order valence-corrected chi connectivity index (χ1v) is 9.58. The van der Waals surface area contributed by atoms with Gasteiger partial charge in [0, 0.05) is 16.1 Å². The third kappa shape index (κ3) is 4.17. The molecule has 0 aliphatic rings. The predicted octanol–water partition coefficient (Wildman–Crippen LogP) is 4.64. The van der Waals surface area contributed by atoms with Crippen LogP contribution in [-0.4, -0.2) is 26.1 Å². The maximum absolute atomic E-state index is 13.2. The number of nitrogens with one attached hydrogen (secondary N) is 1. The fourth-order valence-electron chi connectivity index (χ4n) is 2.76. The molecule has 2 heterocycles. The van der Waals surface area contributed by atoms with E-state index in [0.29, 0.717) is 17.3 Å². The van der Waals surface area contributed by atoms with Crippen LogP contribution in [-0.2, 0) is 4.79 Å². The number of anilines is 1. The number of tetrazole rings is 1. The molecule has 7 nitrogen and oxygen atoms in total. The summed E-state index contributed by atoms with van der Waals surface area (Å²) in [5.74, 6) is 0.574. The van der Waals surface area contributed by atoms with E-state index in [2.05, 4.69) is 36.8 Å². The molecule has 0 radical (unpaired) electrons. The number of amides is 1. The molecule has 8 heteroatoms. The monoisotopic (exact) mass is 449 g/mol. The minimum atomic E-state index is -0.379. The Balaban J connectivity index is 1.76. The molecule has 4 rings (SSSR count). The van der Waals surface area contributed by atoms with Crippen molar-refractivity contribution >= 4 is 39.3 Å². The van der Waals surface area contributed by atoms with Gasteiger partial charge in [-0.1, -0.05) is 36.4 Å². The highest BCUT2D eigenvalue weighted by atomic mass is 79.9. The summed E-state index contributed by atoms with van der Waals surface area (Å²) in [6, 6.07) is 18.6. The molecular formula is C21H16BrN5O2. The molecule has 1 N–H and O–H groups in total. The maximum Gasteiger partial charge on any atom is 0.274 e. The van der Waals surface area contributed by atoms with Crippen molar-refractivity contribution in [1.82, 2.24) is 20.2 Å². The second-order valence-corrected chi connectivity index (χ2v) is 7.12. The van der Waals surface area contributed by atoms with Gasteiger partial charge >= 0.3 is 0 Å². The molecule has 1 amide bonds. The number of hydrogen-bond donors (Lipinski definition) is 1. The van der Waals surface area contributed by atoms with Crippen LogP contribution in [0.2, 0.25) is 0 Å². The van der Waals surface area contributed by atoms with Gasteiger partial charge in [0.25, 0.3) is 5.91 Å². The van der Waals surface area contributed by atoms with Gasteiger partial charge < -0.3 is 9.73 Å². The molecule has 0 bridgehead atoms. The third-order valence-corrected chi connectivity index (χ3v) is 4.81. The number of nitrogens with zero attached hydrogens (tertiary/aromatic N) is 4. The summed E-state index contributed by atoms with van der Waals surface area (Å²) >= 11 is 3.49. The molecule has 29 heavy (non-hydrogen) atoms. The van der Waals surface area contributed by atoms with Gasteiger partial charge in [-0.05, 0) is 63.1 Å². The number of carbonyl (C=O) groups is 1. The van der Waals surface area contributed by atoms with Crippen molar-refractivity contribution in [2.45, 2.75) is 6.92 Å². The lowest BCUT2D eigenvalue weighted by Gasteiger charge is -2.12. The first-order chi connectivity index (χ1) is 14.1. The Morgan fingerprint density at radius 2 is 1.97 bits per heavy atom. The Bertz CT molecular complexity index is 1170. The molecule has 2 aromatic carbocycles. The highest BCUT2D eigenvalue weighted by Crippen LogP contribution is 2.26. The van der Waals surface area contributed by atoms with E-state index in [1.807, 2.05) is 55.5 Å². The number of benzene rings is 2. The molecule has 0 fully saturated rings. The van der Waals surface area contributed by atoms with Crippen molar-refractivity contribution in [2.75, 3.05) is 5.32 Å². The molecule has 0 saturated heterocycles. The van der Waals surface area contributed by atoms with Crippen LogP contribution in [0.5, 0.6) is 0 Å². The molecule has 0 saturated carbocycles. The van der Waals surface area contributed by atoms with Crippen molar-refractivity contribution in [3.05, 3.63) is 82.7 Å². The SMILES string of the molecule is Cc1ccc(NC(=O)C(=Cc2ccco2)n2nnnc2-c2ccccc2)c(Br)c1. The van der Waals surface area contributed by atoms with E-state index in [-0.39, 0.29) is 11.6 Å². The number of furan rings is 1. The van der Waals surface area contributed by atoms with E-state index < -0.39 is 0 Å². The highest BCUT2D eigenvalue weighted by Gasteiger charge is 2.20. The van der Waals surface area contributed by atoms with Crippen LogP contribution in [0.4, 0.5) is 5.69 Å². The van der Waals surface area contributed by atoms with E-state index in [4.69, 9.17) is 4.42 Å². The largest absolute Gasteiger partial charge is 0.465 e. The normalized spacial score (nSPS) is 11.4. The average molecular weight is 450 g/mol. The average Bonchev–Trinajstić information content (AvgIpc) is 3.40. The van der Waals surface area contributed by atoms with E-state index in [1.165, 1.54) is 10.9 Å². The number of aryl methyl sites for hydroxylation is 1. The van der Waals surface area contributed by atoms with Gasteiger partial charge in [-0.15, -0.1) is 5.10 Å². The van der Waals surface area contributed by atoms with Gasteiger partial charge in [0.15, 0.2) is 5.82 Å². The summed E-state index contributed by atoms with van der Waals surface area (Å²) in [5, 5.41) is 14.8. The molecule has 2 aromatic heterocycles. The second kappa shape index (κ2) is 8.24. The Kier molecular flexibility index (Phi) is 5.35. The molecule has 144 valence electrons. The Morgan fingerprint density at radius 1 is 1.14 bits per heavy atom. The van der Waals surface area contributed by atoms with Crippen LogP contribution < -0.4 is 5.32 Å². The molecule has 0 atom stereocenters. The summed E-state index contributed by atoms with van der Waals surface area (Å²) in [6.07, 6.45) is 3.13. The first-order valence-electron chi connectivity index (χ1n) is 8.79. The van der Waals surface area contributed by atoms with Crippen LogP contribution in [0.3, 0.4) is 0 Å². The lowest BCUT2D eigenvalue weighted by molar-refractivity contribution is -0.111. The van der Waals surface area contributed by atoms with Gasteiger partial charge in [-0.3, -0.25) is 4.79 Å². The van der Waals surface area contributed by atoms with E-state index in [9.17, 15) is 4.79 Å². The van der Waals surface area contributed by atoms with Gasteiger partial charge in [0.2, 0.25) is 0 Å². The van der Waals surface area contributed by atoms with Gasteiger partial charge in [0.05, 0.1) is 12.0 Å². The summed E-state index contributed by atoms with van der Waals surface area (Å²) < 4.78 is 7.58. The number of halogens is 1. The number of carbonyl (C=O) groups excluding carboxylic acids is 1. The van der Waals surface area contributed by atoms with Crippen LogP contribution in [0, 0.1) is 6.92 Å². The molecule has 4 aromatic rings. The van der Waals surface area contributed by atoms with Crippen molar-refractivity contribution < 1.29 is 9.21 Å². The standard InChI is InChI=1S/C21H16BrN5O2/c1-14-9-10-18(17(22)12-14)23-21(28)19(13-16-8-5-11-29-16)27-20(24-25-26-27)15-6-3-2-4-7-15/h2-13H,1H3,(H,23,28). The molecular weight excluding hydrogens is 434 g/mol. The van der Waals surface area contributed by atoms with Crippen LogP contribution in [0.25, 0.3) is 23.2 Å². The Hall–Kier alpha value is -3.52. The summed E-state index contributed by atoms with van der Waals surface area (Å²) in [4.78, 5) is 13.2. The summed E-state index contributed by atoms with van der Waals surface area (Å²) in [7, 11) is 0. The minimum absolute atomic E-state index is 0.219. The number of hydrogen-bond acceptors (Lipinski definition) is 5. The first kappa shape index (κ1) is 18.8. The second-order valence-electron chi connectivity index (χ2n) is 6.26. The molecule has 0 aliphatic carbocycles. The smallest absolute Gasteiger partial charge is 0.274 e. The molecule has 0 unspecified atom stereocenters. The molecule has 0 spiro atoms. The lowest BCUT2D eigenvalue weighted by atomic mass is 10.2. The van der Waals surface area contributed by atoms with E-state index in [1.54, 1.807) is 18.2 Å². The van der Waals surface area contributed by atoms with Crippen LogP contribution >= 0.6 is 15.9 Å². The Labute approximate surface area is 175 Å². The van der Waals surface area contributed by atoms with Crippen molar-refractivity contribution in [3.8, 4) is 11.4 Å². The zero-order valence-corrected chi connectivity index (χ0v) is 17.0.